The monoisotopic (exact) mass is 261 g/mol. The van der Waals surface area contributed by atoms with Crippen LogP contribution in [0.1, 0.15) is 26.1 Å². The summed E-state index contributed by atoms with van der Waals surface area (Å²) in [6.07, 6.45) is 1.73. The quantitative estimate of drug-likeness (QED) is 0.886. The molecular weight excluding hydrogens is 242 g/mol. The summed E-state index contributed by atoms with van der Waals surface area (Å²) in [5.74, 6) is 2.51. The van der Waals surface area contributed by atoms with Gasteiger partial charge in [-0.3, -0.25) is 0 Å². The minimum Gasteiger partial charge on any atom is -0.486 e. The zero-order valence-corrected chi connectivity index (χ0v) is 11.3. The highest BCUT2D eigenvalue weighted by molar-refractivity contribution is 5.79. The Balaban J connectivity index is 1.88. The number of hydrogen-bond donors (Lipinski definition) is 2. The molecule has 5 heteroatoms. The Hall–Kier alpha value is -1.75. The highest BCUT2D eigenvalue weighted by atomic mass is 16.6. The smallest absolute Gasteiger partial charge is 0.163 e. The molecule has 0 radical (unpaired) electrons. The average molecular weight is 261 g/mol. The Morgan fingerprint density at radius 1 is 1.26 bits per heavy atom. The zero-order chi connectivity index (χ0) is 13.5. The van der Waals surface area contributed by atoms with Gasteiger partial charge in [-0.2, -0.15) is 0 Å². The fourth-order valence-corrected chi connectivity index (χ4v) is 2.16. The highest BCUT2D eigenvalue weighted by Crippen LogP contribution is 2.33. The summed E-state index contributed by atoms with van der Waals surface area (Å²) in [5.41, 5.74) is 7.71. The summed E-state index contributed by atoms with van der Waals surface area (Å²) in [4.78, 5) is 7.89. The molecule has 1 aromatic heterocycles. The predicted octanol–water partition coefficient (Wildman–Crippen LogP) is 2.00. The molecule has 102 valence electrons. The molecule has 19 heavy (non-hydrogen) atoms. The van der Waals surface area contributed by atoms with Crippen molar-refractivity contribution in [2.45, 2.75) is 32.2 Å². The number of benzene rings is 1. The number of fused-ring (bicyclic) bond motifs is 2. The van der Waals surface area contributed by atoms with Crippen LogP contribution in [0.25, 0.3) is 11.0 Å². The van der Waals surface area contributed by atoms with Crippen LogP contribution in [0.2, 0.25) is 0 Å². The summed E-state index contributed by atoms with van der Waals surface area (Å²) in [6, 6.07) is 3.88. The summed E-state index contributed by atoms with van der Waals surface area (Å²) >= 11 is 0. The summed E-state index contributed by atoms with van der Waals surface area (Å²) in [6.45, 7) is 5.24. The minimum atomic E-state index is -0.176. The Morgan fingerprint density at radius 3 is 2.63 bits per heavy atom. The number of rotatable bonds is 3. The van der Waals surface area contributed by atoms with E-state index in [4.69, 9.17) is 15.2 Å². The predicted molar refractivity (Wildman–Crippen MR) is 73.7 cm³/mol. The van der Waals surface area contributed by atoms with Crippen LogP contribution in [0.3, 0.4) is 0 Å². The Labute approximate surface area is 112 Å². The van der Waals surface area contributed by atoms with E-state index in [1.165, 1.54) is 0 Å². The van der Waals surface area contributed by atoms with E-state index >= 15 is 0 Å². The van der Waals surface area contributed by atoms with Gasteiger partial charge in [-0.15, -0.1) is 0 Å². The molecule has 1 aromatic carbocycles. The lowest BCUT2D eigenvalue weighted by molar-refractivity contribution is 0.172. The van der Waals surface area contributed by atoms with Crippen molar-refractivity contribution < 1.29 is 9.47 Å². The van der Waals surface area contributed by atoms with E-state index in [1.807, 2.05) is 26.0 Å². The van der Waals surface area contributed by atoms with Crippen molar-refractivity contribution >= 4 is 11.0 Å². The molecule has 0 saturated carbocycles. The van der Waals surface area contributed by atoms with Gasteiger partial charge in [-0.25, -0.2) is 4.98 Å². The molecule has 0 spiro atoms. The maximum atomic E-state index is 6.00. The van der Waals surface area contributed by atoms with Crippen molar-refractivity contribution in [3.8, 4) is 11.5 Å². The molecule has 0 unspecified atom stereocenters. The molecule has 0 aliphatic carbocycles. The third-order valence-electron chi connectivity index (χ3n) is 3.20. The van der Waals surface area contributed by atoms with Crippen LogP contribution in [0.15, 0.2) is 12.1 Å². The van der Waals surface area contributed by atoms with Gasteiger partial charge >= 0.3 is 0 Å². The molecule has 2 heterocycles. The zero-order valence-electron chi connectivity index (χ0n) is 11.3. The second-order valence-electron chi connectivity index (χ2n) is 5.69. The van der Waals surface area contributed by atoms with Crippen LogP contribution in [0.5, 0.6) is 11.5 Å². The maximum Gasteiger partial charge on any atom is 0.163 e. The lowest BCUT2D eigenvalue weighted by Gasteiger charge is -2.17. The van der Waals surface area contributed by atoms with Crippen molar-refractivity contribution in [3.05, 3.63) is 18.0 Å². The molecule has 3 N–H and O–H groups in total. The number of nitrogens with one attached hydrogen (secondary N) is 1. The summed E-state index contributed by atoms with van der Waals surface area (Å²) < 4.78 is 11.1. The van der Waals surface area contributed by atoms with Crippen LogP contribution in [0.4, 0.5) is 0 Å². The third kappa shape index (κ3) is 2.66. The van der Waals surface area contributed by atoms with E-state index in [0.717, 1.165) is 41.2 Å². The lowest BCUT2D eigenvalue weighted by atomic mass is 10.0. The molecule has 1 aliphatic heterocycles. The first-order valence-corrected chi connectivity index (χ1v) is 6.58. The topological polar surface area (TPSA) is 73.2 Å². The number of ether oxygens (including phenoxy) is 2. The van der Waals surface area contributed by atoms with Gasteiger partial charge in [0.15, 0.2) is 11.5 Å². The molecular formula is C14H19N3O2. The number of aryl methyl sites for hydroxylation is 1. The number of aromatic nitrogens is 2. The number of imidazole rings is 1. The Morgan fingerprint density at radius 2 is 1.95 bits per heavy atom. The number of nitrogens with zero attached hydrogens (tertiary/aromatic N) is 1. The van der Waals surface area contributed by atoms with Crippen molar-refractivity contribution in [1.29, 1.82) is 0 Å². The Kier molecular flexibility index (Phi) is 2.86. The van der Waals surface area contributed by atoms with Crippen LogP contribution < -0.4 is 15.2 Å². The summed E-state index contributed by atoms with van der Waals surface area (Å²) in [5, 5.41) is 0. The van der Waals surface area contributed by atoms with Crippen molar-refractivity contribution in [2.75, 3.05) is 13.2 Å². The molecule has 0 amide bonds. The third-order valence-corrected chi connectivity index (χ3v) is 3.20. The lowest BCUT2D eigenvalue weighted by Crippen LogP contribution is -2.32. The van der Waals surface area contributed by atoms with E-state index in [0.29, 0.717) is 13.2 Å². The SMILES string of the molecule is CC(C)(N)CCc1nc2cc3c(cc2[nH]1)OCCO3. The van der Waals surface area contributed by atoms with Crippen LogP contribution in [0, 0.1) is 0 Å². The Bertz CT molecular complexity index is 555. The highest BCUT2D eigenvalue weighted by Gasteiger charge is 2.16. The second-order valence-corrected chi connectivity index (χ2v) is 5.69. The fourth-order valence-electron chi connectivity index (χ4n) is 2.16. The van der Waals surface area contributed by atoms with Gasteiger partial charge in [0.05, 0.1) is 11.0 Å². The first kappa shape index (κ1) is 12.3. The molecule has 0 fully saturated rings. The molecule has 3 rings (SSSR count). The molecule has 0 saturated heterocycles. The molecule has 0 bridgehead atoms. The largest absolute Gasteiger partial charge is 0.486 e. The first-order valence-electron chi connectivity index (χ1n) is 6.58. The van der Waals surface area contributed by atoms with Gasteiger partial charge in [0.25, 0.3) is 0 Å². The normalized spacial score (nSPS) is 14.9. The second kappa shape index (κ2) is 4.42. The van der Waals surface area contributed by atoms with E-state index in [2.05, 4.69) is 9.97 Å². The van der Waals surface area contributed by atoms with Gasteiger partial charge in [0.1, 0.15) is 19.0 Å². The fraction of sp³-hybridized carbons (Fsp3) is 0.500. The molecule has 0 atom stereocenters. The number of H-pyrrole nitrogens is 1. The standard InChI is InChI=1S/C14H19N3O2/c1-14(2,15)4-3-13-16-9-7-11-12(8-10(9)17-13)19-6-5-18-11/h7-8H,3-6,15H2,1-2H3,(H,16,17). The van der Waals surface area contributed by atoms with Crippen LogP contribution >= 0.6 is 0 Å². The number of hydrogen-bond acceptors (Lipinski definition) is 4. The minimum absolute atomic E-state index is 0.176. The maximum absolute atomic E-state index is 6.00. The average Bonchev–Trinajstić information content (AvgIpc) is 2.74. The number of aromatic amines is 1. The molecule has 5 nitrogen and oxygen atoms in total. The van der Waals surface area contributed by atoms with Gasteiger partial charge in [0, 0.05) is 24.1 Å². The molecule has 2 aromatic rings. The van der Waals surface area contributed by atoms with Gasteiger partial charge in [-0.05, 0) is 20.3 Å². The van der Waals surface area contributed by atoms with E-state index < -0.39 is 0 Å². The van der Waals surface area contributed by atoms with Crippen molar-refractivity contribution in [1.82, 2.24) is 9.97 Å². The van der Waals surface area contributed by atoms with Crippen molar-refractivity contribution in [2.24, 2.45) is 5.73 Å². The van der Waals surface area contributed by atoms with E-state index in [-0.39, 0.29) is 5.54 Å². The van der Waals surface area contributed by atoms with Crippen LogP contribution in [-0.2, 0) is 6.42 Å². The van der Waals surface area contributed by atoms with E-state index in [9.17, 15) is 0 Å². The first-order chi connectivity index (χ1) is 9.01. The summed E-state index contributed by atoms with van der Waals surface area (Å²) in [7, 11) is 0. The van der Waals surface area contributed by atoms with E-state index in [1.54, 1.807) is 0 Å². The van der Waals surface area contributed by atoms with Crippen LogP contribution in [-0.4, -0.2) is 28.7 Å². The van der Waals surface area contributed by atoms with Gasteiger partial charge in [-0.1, -0.05) is 0 Å². The molecule has 1 aliphatic rings. The van der Waals surface area contributed by atoms with Crippen molar-refractivity contribution in [3.63, 3.8) is 0 Å². The number of nitrogens with two attached hydrogens (primary N) is 1. The van der Waals surface area contributed by atoms with Gasteiger partial charge in [0.2, 0.25) is 0 Å². The van der Waals surface area contributed by atoms with Gasteiger partial charge < -0.3 is 20.2 Å².